The van der Waals surface area contributed by atoms with E-state index in [1.165, 1.54) is 10.5 Å². The molecule has 1 heterocycles. The van der Waals surface area contributed by atoms with E-state index < -0.39 is 0 Å². The van der Waals surface area contributed by atoms with Gasteiger partial charge in [0, 0.05) is 12.3 Å². The van der Waals surface area contributed by atoms with E-state index in [9.17, 15) is 9.59 Å². The SMILES string of the molecule is C[C@@H]1CC(=O)N([C@@H]2CCCC[C@@H]2OCCc2ccccc2)C1=O. The predicted octanol–water partition coefficient (Wildman–Crippen LogP) is 2.95. The Hall–Kier alpha value is -1.68. The Labute approximate surface area is 137 Å². The van der Waals surface area contributed by atoms with E-state index >= 15 is 0 Å². The van der Waals surface area contributed by atoms with Crippen LogP contribution in [0.3, 0.4) is 0 Å². The van der Waals surface area contributed by atoms with Crippen LogP contribution in [0, 0.1) is 5.92 Å². The van der Waals surface area contributed by atoms with Gasteiger partial charge in [0.15, 0.2) is 0 Å². The van der Waals surface area contributed by atoms with Crippen molar-refractivity contribution in [3.63, 3.8) is 0 Å². The molecule has 1 aliphatic carbocycles. The highest BCUT2D eigenvalue weighted by Crippen LogP contribution is 2.31. The third-order valence-corrected chi connectivity index (χ3v) is 4.97. The van der Waals surface area contributed by atoms with Gasteiger partial charge in [-0.2, -0.15) is 0 Å². The Morgan fingerprint density at radius 2 is 1.87 bits per heavy atom. The van der Waals surface area contributed by atoms with E-state index in [4.69, 9.17) is 4.74 Å². The highest BCUT2D eigenvalue weighted by molar-refractivity contribution is 6.03. The zero-order valence-electron chi connectivity index (χ0n) is 13.7. The Morgan fingerprint density at radius 3 is 2.57 bits per heavy atom. The molecule has 0 N–H and O–H groups in total. The van der Waals surface area contributed by atoms with E-state index in [-0.39, 0.29) is 29.9 Å². The van der Waals surface area contributed by atoms with Gasteiger partial charge in [-0.1, -0.05) is 50.1 Å². The number of carbonyl (C=O) groups is 2. The second-order valence-corrected chi connectivity index (χ2v) is 6.70. The maximum Gasteiger partial charge on any atom is 0.232 e. The summed E-state index contributed by atoms with van der Waals surface area (Å²) in [6.07, 6.45) is 5.19. The molecule has 3 atom stereocenters. The van der Waals surface area contributed by atoms with Crippen molar-refractivity contribution in [1.82, 2.24) is 4.90 Å². The monoisotopic (exact) mass is 315 g/mol. The summed E-state index contributed by atoms with van der Waals surface area (Å²) < 4.78 is 6.10. The van der Waals surface area contributed by atoms with Crippen LogP contribution in [-0.2, 0) is 20.7 Å². The molecule has 3 rings (SSSR count). The molecule has 1 aliphatic heterocycles. The van der Waals surface area contributed by atoms with Crippen LogP contribution in [-0.4, -0.2) is 35.5 Å². The number of likely N-dealkylation sites (tertiary alicyclic amines) is 1. The van der Waals surface area contributed by atoms with Gasteiger partial charge >= 0.3 is 0 Å². The number of imide groups is 1. The van der Waals surface area contributed by atoms with Gasteiger partial charge in [0.05, 0.1) is 18.8 Å². The Balaban J connectivity index is 1.60. The lowest BCUT2D eigenvalue weighted by atomic mass is 9.91. The molecule has 2 aliphatic rings. The van der Waals surface area contributed by atoms with Gasteiger partial charge in [-0.05, 0) is 24.8 Å². The molecular formula is C19H25NO3. The minimum Gasteiger partial charge on any atom is -0.376 e. The highest BCUT2D eigenvalue weighted by Gasteiger charge is 2.43. The average Bonchev–Trinajstić information content (AvgIpc) is 2.82. The molecule has 2 fully saturated rings. The number of hydrogen-bond acceptors (Lipinski definition) is 3. The maximum atomic E-state index is 12.3. The molecule has 1 aromatic carbocycles. The molecule has 2 amide bonds. The first-order valence-electron chi connectivity index (χ1n) is 8.68. The molecule has 1 aromatic rings. The van der Waals surface area contributed by atoms with Gasteiger partial charge in [-0.25, -0.2) is 0 Å². The molecule has 23 heavy (non-hydrogen) atoms. The molecule has 4 nitrogen and oxygen atoms in total. The second-order valence-electron chi connectivity index (χ2n) is 6.70. The fourth-order valence-electron chi connectivity index (χ4n) is 3.70. The van der Waals surface area contributed by atoms with Crippen LogP contribution in [0.25, 0.3) is 0 Å². The number of hydrogen-bond donors (Lipinski definition) is 0. The molecule has 0 aromatic heterocycles. The summed E-state index contributed by atoms with van der Waals surface area (Å²) in [4.78, 5) is 26.0. The lowest BCUT2D eigenvalue weighted by molar-refractivity contribution is -0.147. The highest BCUT2D eigenvalue weighted by atomic mass is 16.5. The van der Waals surface area contributed by atoms with E-state index in [1.54, 1.807) is 0 Å². The number of amides is 2. The summed E-state index contributed by atoms with van der Waals surface area (Å²) in [5.41, 5.74) is 1.25. The van der Waals surface area contributed by atoms with E-state index in [0.29, 0.717) is 13.0 Å². The smallest absolute Gasteiger partial charge is 0.232 e. The standard InChI is InChI=1S/C19H25NO3/c1-14-13-18(21)20(19(14)22)16-9-5-6-10-17(16)23-12-11-15-7-3-2-4-8-15/h2-4,7-8,14,16-17H,5-6,9-13H2,1H3/t14-,16-,17+/m1/s1. The maximum absolute atomic E-state index is 12.3. The zero-order chi connectivity index (χ0) is 16.2. The average molecular weight is 315 g/mol. The summed E-state index contributed by atoms with van der Waals surface area (Å²) in [6, 6.07) is 10.2. The first-order valence-corrected chi connectivity index (χ1v) is 8.68. The number of carbonyl (C=O) groups excluding carboxylic acids is 2. The quantitative estimate of drug-likeness (QED) is 0.785. The fourth-order valence-corrected chi connectivity index (χ4v) is 3.70. The Kier molecular flexibility index (Phi) is 5.11. The second kappa shape index (κ2) is 7.26. The van der Waals surface area contributed by atoms with Gasteiger partial charge < -0.3 is 4.74 Å². The first-order chi connectivity index (χ1) is 11.2. The fraction of sp³-hybridized carbons (Fsp3) is 0.579. The summed E-state index contributed by atoms with van der Waals surface area (Å²) in [7, 11) is 0. The minimum atomic E-state index is -0.172. The molecule has 1 saturated heterocycles. The van der Waals surface area contributed by atoms with Crippen LogP contribution in [0.2, 0.25) is 0 Å². The van der Waals surface area contributed by atoms with Crippen molar-refractivity contribution < 1.29 is 14.3 Å². The summed E-state index contributed by atoms with van der Waals surface area (Å²) in [6.45, 7) is 2.48. The third-order valence-electron chi connectivity index (χ3n) is 4.97. The third kappa shape index (κ3) is 3.63. The molecule has 4 heteroatoms. The molecule has 0 spiro atoms. The Morgan fingerprint density at radius 1 is 1.13 bits per heavy atom. The van der Waals surface area contributed by atoms with Crippen LogP contribution in [0.15, 0.2) is 30.3 Å². The molecular weight excluding hydrogens is 290 g/mol. The van der Waals surface area contributed by atoms with E-state index in [2.05, 4.69) is 12.1 Å². The number of nitrogens with zero attached hydrogens (tertiary/aromatic N) is 1. The van der Waals surface area contributed by atoms with Crippen LogP contribution in [0.5, 0.6) is 0 Å². The van der Waals surface area contributed by atoms with Crippen molar-refractivity contribution in [2.75, 3.05) is 6.61 Å². The van der Waals surface area contributed by atoms with Gasteiger partial charge in [-0.15, -0.1) is 0 Å². The summed E-state index contributed by atoms with van der Waals surface area (Å²) >= 11 is 0. The van der Waals surface area contributed by atoms with Crippen molar-refractivity contribution in [2.24, 2.45) is 5.92 Å². The van der Waals surface area contributed by atoms with E-state index in [0.717, 1.165) is 32.1 Å². The molecule has 0 bridgehead atoms. The van der Waals surface area contributed by atoms with Crippen molar-refractivity contribution in [3.8, 4) is 0 Å². The number of benzene rings is 1. The Bertz CT molecular complexity index is 557. The van der Waals surface area contributed by atoms with Crippen LogP contribution < -0.4 is 0 Å². The van der Waals surface area contributed by atoms with Gasteiger partial charge in [0.25, 0.3) is 0 Å². The zero-order valence-corrected chi connectivity index (χ0v) is 13.7. The normalized spacial score (nSPS) is 28.4. The summed E-state index contributed by atoms with van der Waals surface area (Å²) in [5.74, 6) is -0.209. The molecule has 124 valence electrons. The van der Waals surface area contributed by atoms with Gasteiger partial charge in [0.2, 0.25) is 11.8 Å². The van der Waals surface area contributed by atoms with Crippen LogP contribution in [0.1, 0.15) is 44.6 Å². The largest absolute Gasteiger partial charge is 0.376 e. The van der Waals surface area contributed by atoms with Gasteiger partial charge in [0.1, 0.15) is 0 Å². The van der Waals surface area contributed by atoms with E-state index in [1.807, 2.05) is 25.1 Å². The van der Waals surface area contributed by atoms with Crippen molar-refractivity contribution in [2.45, 2.75) is 57.6 Å². The first kappa shape index (κ1) is 16.2. The van der Waals surface area contributed by atoms with Crippen LogP contribution in [0.4, 0.5) is 0 Å². The minimum absolute atomic E-state index is 0.00865. The lowest BCUT2D eigenvalue weighted by Crippen LogP contribution is -2.49. The van der Waals surface area contributed by atoms with Crippen LogP contribution >= 0.6 is 0 Å². The summed E-state index contributed by atoms with van der Waals surface area (Å²) in [5, 5.41) is 0. The number of rotatable bonds is 5. The number of ether oxygens (including phenoxy) is 1. The van der Waals surface area contributed by atoms with Gasteiger partial charge in [-0.3, -0.25) is 14.5 Å². The van der Waals surface area contributed by atoms with Crippen molar-refractivity contribution in [3.05, 3.63) is 35.9 Å². The van der Waals surface area contributed by atoms with Crippen molar-refractivity contribution in [1.29, 1.82) is 0 Å². The van der Waals surface area contributed by atoms with Crippen molar-refractivity contribution >= 4 is 11.8 Å². The molecule has 1 saturated carbocycles. The molecule has 0 unspecified atom stereocenters. The predicted molar refractivity (Wildman–Crippen MR) is 87.8 cm³/mol. The molecule has 0 radical (unpaired) electrons. The lowest BCUT2D eigenvalue weighted by Gasteiger charge is -2.36. The topological polar surface area (TPSA) is 46.6 Å².